The molecule has 4 aliphatic carbocycles. The van der Waals surface area contributed by atoms with Gasteiger partial charge in [-0.15, -0.1) is 11.3 Å². The molecule has 2 nitrogen and oxygen atoms in total. The second-order valence-electron chi connectivity index (χ2n) is 6.79. The number of thiophene rings is 1. The van der Waals surface area contributed by atoms with Crippen molar-refractivity contribution in [1.82, 2.24) is 5.32 Å². The van der Waals surface area contributed by atoms with Crippen LogP contribution in [-0.4, -0.2) is 12.5 Å². The predicted octanol–water partition coefficient (Wildman–Crippen LogP) is 3.23. The molecule has 4 saturated carbocycles. The van der Waals surface area contributed by atoms with Gasteiger partial charge in [0.2, 0.25) is 5.91 Å². The van der Waals surface area contributed by atoms with Crippen molar-refractivity contribution in [2.75, 3.05) is 6.54 Å². The topological polar surface area (TPSA) is 29.1 Å². The molecule has 4 fully saturated rings. The maximum Gasteiger partial charge on any atom is 0.226 e. The number of carbonyl (C=O) groups excluding carboxylic acids is 1. The minimum absolute atomic E-state index is 0.0447. The first-order chi connectivity index (χ1) is 9.26. The van der Waals surface area contributed by atoms with E-state index in [1.54, 1.807) is 11.3 Å². The van der Waals surface area contributed by atoms with E-state index in [1.807, 2.05) is 0 Å². The van der Waals surface area contributed by atoms with E-state index < -0.39 is 0 Å². The highest BCUT2D eigenvalue weighted by molar-refractivity contribution is 7.09. The van der Waals surface area contributed by atoms with Crippen LogP contribution >= 0.6 is 11.3 Å². The van der Waals surface area contributed by atoms with Crippen LogP contribution in [0.4, 0.5) is 0 Å². The van der Waals surface area contributed by atoms with Crippen molar-refractivity contribution < 1.29 is 4.79 Å². The maximum atomic E-state index is 12.6. The molecule has 1 N–H and O–H groups in total. The summed E-state index contributed by atoms with van der Waals surface area (Å²) in [6.07, 6.45) is 7.40. The van der Waals surface area contributed by atoms with Crippen molar-refractivity contribution in [1.29, 1.82) is 0 Å². The van der Waals surface area contributed by atoms with Crippen molar-refractivity contribution in [3.05, 3.63) is 22.4 Å². The third-order valence-corrected chi connectivity index (χ3v) is 6.62. The number of amides is 1. The van der Waals surface area contributed by atoms with E-state index in [2.05, 4.69) is 22.8 Å². The summed E-state index contributed by atoms with van der Waals surface area (Å²) in [6.45, 7) is 0.809. The fourth-order valence-corrected chi connectivity index (χ4v) is 5.81. The summed E-state index contributed by atoms with van der Waals surface area (Å²) in [7, 11) is 0. The average Bonchev–Trinajstić information content (AvgIpc) is 3.03. The van der Waals surface area contributed by atoms with Gasteiger partial charge in [0.1, 0.15) is 0 Å². The Morgan fingerprint density at radius 1 is 1.32 bits per heavy atom. The molecule has 0 saturated heterocycles. The zero-order chi connectivity index (χ0) is 12.9. The van der Waals surface area contributed by atoms with Gasteiger partial charge in [0.05, 0.1) is 5.41 Å². The second kappa shape index (κ2) is 4.34. The van der Waals surface area contributed by atoms with E-state index in [0.717, 1.165) is 24.8 Å². The van der Waals surface area contributed by atoms with Gasteiger partial charge in [0.25, 0.3) is 0 Å². The minimum Gasteiger partial charge on any atom is -0.355 e. The molecule has 3 heteroatoms. The maximum absolute atomic E-state index is 12.6. The Kier molecular flexibility index (Phi) is 2.73. The summed E-state index contributed by atoms with van der Waals surface area (Å²) < 4.78 is 0. The molecular formula is C16H21NOS. The fourth-order valence-electron chi connectivity index (χ4n) is 5.10. The molecule has 1 aromatic heterocycles. The predicted molar refractivity (Wildman–Crippen MR) is 77.0 cm³/mol. The molecular weight excluding hydrogens is 254 g/mol. The van der Waals surface area contributed by atoms with E-state index >= 15 is 0 Å². The molecule has 4 aliphatic rings. The van der Waals surface area contributed by atoms with Crippen LogP contribution in [-0.2, 0) is 11.2 Å². The van der Waals surface area contributed by atoms with E-state index in [1.165, 1.54) is 37.0 Å². The Hall–Kier alpha value is -0.830. The highest BCUT2D eigenvalue weighted by Crippen LogP contribution is 2.65. The number of hydrogen-bond donors (Lipinski definition) is 1. The van der Waals surface area contributed by atoms with E-state index in [0.29, 0.717) is 11.8 Å². The molecule has 5 rings (SSSR count). The molecule has 19 heavy (non-hydrogen) atoms. The largest absolute Gasteiger partial charge is 0.355 e. The van der Waals surface area contributed by atoms with Crippen LogP contribution in [0.25, 0.3) is 0 Å². The first-order valence-corrected chi connectivity index (χ1v) is 8.45. The minimum atomic E-state index is 0.0447. The van der Waals surface area contributed by atoms with Gasteiger partial charge in [-0.2, -0.15) is 0 Å². The van der Waals surface area contributed by atoms with Crippen LogP contribution in [0.5, 0.6) is 0 Å². The van der Waals surface area contributed by atoms with Crippen molar-refractivity contribution in [3.63, 3.8) is 0 Å². The molecule has 2 atom stereocenters. The zero-order valence-electron chi connectivity index (χ0n) is 11.2. The lowest BCUT2D eigenvalue weighted by Crippen LogP contribution is -2.42. The summed E-state index contributed by atoms with van der Waals surface area (Å²) >= 11 is 1.78. The number of hydrogen-bond acceptors (Lipinski definition) is 2. The molecule has 1 amide bonds. The number of rotatable bonds is 4. The zero-order valence-corrected chi connectivity index (χ0v) is 12.0. The van der Waals surface area contributed by atoms with Crippen LogP contribution in [0.15, 0.2) is 17.5 Å². The van der Waals surface area contributed by atoms with E-state index in [-0.39, 0.29) is 5.41 Å². The second-order valence-corrected chi connectivity index (χ2v) is 7.82. The first-order valence-electron chi connectivity index (χ1n) is 7.57. The lowest BCUT2D eigenvalue weighted by molar-refractivity contribution is -0.132. The molecule has 0 aromatic carbocycles. The normalized spacial score (nSPS) is 38.8. The summed E-state index contributed by atoms with van der Waals surface area (Å²) in [6, 6.07) is 4.23. The molecule has 1 heterocycles. The van der Waals surface area contributed by atoms with Crippen LogP contribution < -0.4 is 5.32 Å². The van der Waals surface area contributed by atoms with Crippen molar-refractivity contribution in [2.24, 2.45) is 23.2 Å². The highest BCUT2D eigenvalue weighted by Gasteiger charge is 2.61. The van der Waals surface area contributed by atoms with Gasteiger partial charge >= 0.3 is 0 Å². The number of nitrogens with one attached hydrogen (secondary N) is 1. The van der Waals surface area contributed by atoms with Gasteiger partial charge in [0, 0.05) is 11.4 Å². The Morgan fingerprint density at radius 2 is 2.11 bits per heavy atom. The monoisotopic (exact) mass is 275 g/mol. The highest BCUT2D eigenvalue weighted by atomic mass is 32.1. The van der Waals surface area contributed by atoms with Gasteiger partial charge in [-0.25, -0.2) is 0 Å². The van der Waals surface area contributed by atoms with Crippen LogP contribution in [0, 0.1) is 23.2 Å². The Morgan fingerprint density at radius 3 is 2.79 bits per heavy atom. The third kappa shape index (κ3) is 1.85. The lowest BCUT2D eigenvalue weighted by Gasteiger charge is -2.31. The van der Waals surface area contributed by atoms with Gasteiger partial charge in [-0.1, -0.05) is 6.07 Å². The summed E-state index contributed by atoms with van der Waals surface area (Å²) in [5.74, 6) is 2.80. The summed E-state index contributed by atoms with van der Waals surface area (Å²) in [5, 5.41) is 5.34. The average molecular weight is 275 g/mol. The van der Waals surface area contributed by atoms with Crippen LogP contribution in [0.1, 0.15) is 37.0 Å². The fraction of sp³-hybridized carbons (Fsp3) is 0.688. The third-order valence-electron chi connectivity index (χ3n) is 5.68. The van der Waals surface area contributed by atoms with E-state index in [9.17, 15) is 4.79 Å². The summed E-state index contributed by atoms with van der Waals surface area (Å²) in [5.41, 5.74) is 0.0447. The smallest absolute Gasteiger partial charge is 0.226 e. The van der Waals surface area contributed by atoms with Crippen molar-refractivity contribution in [3.8, 4) is 0 Å². The molecule has 4 bridgehead atoms. The molecule has 0 radical (unpaired) electrons. The summed E-state index contributed by atoms with van der Waals surface area (Å²) in [4.78, 5) is 14.0. The van der Waals surface area contributed by atoms with Gasteiger partial charge in [-0.3, -0.25) is 4.79 Å². The molecule has 102 valence electrons. The molecule has 0 spiro atoms. The standard InChI is InChI=1S/C16H21NOS/c18-15(17-4-3-14-2-1-5-19-14)16-9-11-6-12(10-16)8-13(16)7-11/h1-2,5,11-13H,3-4,6-10H2,(H,17,18). The van der Waals surface area contributed by atoms with Crippen LogP contribution in [0.2, 0.25) is 0 Å². The molecule has 0 aliphatic heterocycles. The van der Waals surface area contributed by atoms with Gasteiger partial charge in [0.15, 0.2) is 0 Å². The first kappa shape index (κ1) is 12.0. The number of carbonyl (C=O) groups is 1. The quantitative estimate of drug-likeness (QED) is 0.898. The lowest BCUT2D eigenvalue weighted by atomic mass is 9.75. The van der Waals surface area contributed by atoms with Crippen LogP contribution in [0.3, 0.4) is 0 Å². The van der Waals surface area contributed by atoms with Gasteiger partial charge in [-0.05, 0) is 67.7 Å². The van der Waals surface area contributed by atoms with Crippen molar-refractivity contribution in [2.45, 2.75) is 38.5 Å². The molecule has 2 unspecified atom stereocenters. The Bertz CT molecular complexity index is 467. The molecule has 1 aromatic rings. The Balaban J connectivity index is 1.38. The van der Waals surface area contributed by atoms with Crippen molar-refractivity contribution >= 4 is 17.2 Å². The van der Waals surface area contributed by atoms with E-state index in [4.69, 9.17) is 0 Å². The Labute approximate surface area is 118 Å². The van der Waals surface area contributed by atoms with Gasteiger partial charge < -0.3 is 5.32 Å². The SMILES string of the molecule is O=C(NCCc1cccs1)C12CC3CC(CC1C3)C2.